The summed E-state index contributed by atoms with van der Waals surface area (Å²) in [6.07, 6.45) is 1.29. The predicted octanol–water partition coefficient (Wildman–Crippen LogP) is 2.20. The maximum Gasteiger partial charge on any atom is 0.255 e. The molecule has 0 saturated carbocycles. The summed E-state index contributed by atoms with van der Waals surface area (Å²) >= 11 is 0. The Hall–Kier alpha value is -2.37. The number of carbonyl (C=O) groups excluding carboxylic acids is 1. The van der Waals surface area contributed by atoms with E-state index in [2.05, 4.69) is 10.3 Å². The first-order valence-electron chi connectivity index (χ1n) is 5.76. The van der Waals surface area contributed by atoms with E-state index in [9.17, 15) is 9.18 Å². The average molecular weight is 263 g/mol. The molecular formula is C13H14FN3O2. The quantitative estimate of drug-likeness (QED) is 0.889. The van der Waals surface area contributed by atoms with Gasteiger partial charge in [-0.25, -0.2) is 9.37 Å². The molecule has 0 aliphatic carbocycles. The van der Waals surface area contributed by atoms with Gasteiger partial charge in [0.15, 0.2) is 11.6 Å². The van der Waals surface area contributed by atoms with Crippen molar-refractivity contribution in [3.8, 4) is 0 Å². The van der Waals surface area contributed by atoms with Crippen LogP contribution in [0.4, 0.5) is 10.2 Å². The summed E-state index contributed by atoms with van der Waals surface area (Å²) in [5, 5.41) is 2.64. The molecule has 0 aromatic carbocycles. The molecule has 19 heavy (non-hydrogen) atoms. The van der Waals surface area contributed by atoms with E-state index in [1.807, 2.05) is 0 Å². The number of pyridine rings is 1. The Bertz CT molecular complexity index is 610. The molecule has 100 valence electrons. The molecule has 0 saturated heterocycles. The molecule has 1 amide bonds. The number of carbonyl (C=O) groups is 1. The van der Waals surface area contributed by atoms with Gasteiger partial charge >= 0.3 is 0 Å². The largest absolute Gasteiger partial charge is 0.464 e. The average Bonchev–Trinajstić information content (AvgIpc) is 2.79. The summed E-state index contributed by atoms with van der Waals surface area (Å²) < 4.78 is 19.0. The van der Waals surface area contributed by atoms with Crippen molar-refractivity contribution in [2.75, 3.05) is 5.73 Å². The van der Waals surface area contributed by atoms with Crippen molar-refractivity contribution < 1.29 is 13.6 Å². The van der Waals surface area contributed by atoms with Crippen molar-refractivity contribution >= 4 is 11.7 Å². The molecule has 0 radical (unpaired) electrons. The van der Waals surface area contributed by atoms with E-state index in [-0.39, 0.29) is 17.4 Å². The summed E-state index contributed by atoms with van der Waals surface area (Å²) in [7, 11) is 0. The highest BCUT2D eigenvalue weighted by Gasteiger charge is 2.18. The van der Waals surface area contributed by atoms with Crippen LogP contribution in [0.25, 0.3) is 0 Å². The van der Waals surface area contributed by atoms with Crippen LogP contribution in [-0.2, 0) is 0 Å². The first-order valence-corrected chi connectivity index (χ1v) is 5.76. The lowest BCUT2D eigenvalue weighted by molar-refractivity contribution is 0.0931. The Morgan fingerprint density at radius 2 is 2.21 bits per heavy atom. The highest BCUT2D eigenvalue weighted by Crippen LogP contribution is 2.17. The van der Waals surface area contributed by atoms with Gasteiger partial charge in [0.05, 0.1) is 11.6 Å². The molecule has 1 atom stereocenters. The fourth-order valence-corrected chi connectivity index (χ4v) is 1.67. The number of aromatic nitrogens is 1. The number of halogens is 1. The van der Waals surface area contributed by atoms with Gasteiger partial charge in [-0.05, 0) is 32.0 Å². The molecule has 2 heterocycles. The molecule has 5 nitrogen and oxygen atoms in total. The third-order valence-electron chi connectivity index (χ3n) is 2.70. The minimum atomic E-state index is -0.817. The fraction of sp³-hybridized carbons (Fsp3) is 0.231. The zero-order valence-electron chi connectivity index (χ0n) is 10.6. The van der Waals surface area contributed by atoms with Gasteiger partial charge in [-0.15, -0.1) is 0 Å². The Labute approximate surface area is 109 Å². The summed E-state index contributed by atoms with van der Waals surface area (Å²) in [6, 6.07) is 4.47. The zero-order chi connectivity index (χ0) is 14.0. The number of furan rings is 1. The summed E-state index contributed by atoms with van der Waals surface area (Å²) in [4.78, 5) is 15.5. The van der Waals surface area contributed by atoms with Gasteiger partial charge in [0, 0.05) is 6.20 Å². The molecule has 2 aromatic rings. The van der Waals surface area contributed by atoms with E-state index in [0.717, 1.165) is 5.76 Å². The molecule has 3 N–H and O–H groups in total. The molecular weight excluding hydrogens is 249 g/mol. The van der Waals surface area contributed by atoms with Crippen molar-refractivity contribution in [3.63, 3.8) is 0 Å². The molecule has 0 aliphatic rings. The molecule has 2 rings (SSSR count). The number of anilines is 1. The second-order valence-electron chi connectivity index (χ2n) is 4.20. The normalized spacial score (nSPS) is 12.2. The van der Waals surface area contributed by atoms with E-state index in [1.165, 1.54) is 12.3 Å². The molecule has 1 unspecified atom stereocenters. The van der Waals surface area contributed by atoms with Crippen LogP contribution >= 0.6 is 0 Å². The van der Waals surface area contributed by atoms with Gasteiger partial charge in [-0.2, -0.15) is 0 Å². The van der Waals surface area contributed by atoms with Gasteiger partial charge in [-0.1, -0.05) is 0 Å². The van der Waals surface area contributed by atoms with Crippen molar-refractivity contribution in [2.45, 2.75) is 19.9 Å². The Morgan fingerprint density at radius 3 is 2.84 bits per heavy atom. The number of nitrogens with one attached hydrogen (secondary N) is 1. The number of nitrogen functional groups attached to an aromatic ring is 1. The van der Waals surface area contributed by atoms with Crippen LogP contribution in [-0.4, -0.2) is 10.9 Å². The number of hydrogen-bond acceptors (Lipinski definition) is 4. The molecule has 2 aromatic heterocycles. The van der Waals surface area contributed by atoms with Crippen LogP contribution in [0.15, 0.2) is 28.8 Å². The van der Waals surface area contributed by atoms with Gasteiger partial charge < -0.3 is 15.5 Å². The Balaban J connectivity index is 2.15. The lowest BCUT2D eigenvalue weighted by Crippen LogP contribution is -2.27. The minimum absolute atomic E-state index is 0.136. The van der Waals surface area contributed by atoms with Crippen LogP contribution in [0.5, 0.6) is 0 Å². The standard InChI is InChI=1S/C13H14FN3O2/c1-7-3-4-10(19-7)8(2)17-13(18)9-5-6-16-12(15)11(9)14/h3-6,8H,1-2H3,(H2,15,16)(H,17,18). The topological polar surface area (TPSA) is 81.2 Å². The number of aryl methyl sites for hydroxylation is 1. The number of rotatable bonds is 3. The maximum absolute atomic E-state index is 13.6. The lowest BCUT2D eigenvalue weighted by atomic mass is 10.2. The highest BCUT2D eigenvalue weighted by molar-refractivity contribution is 5.95. The van der Waals surface area contributed by atoms with Gasteiger partial charge in [0.2, 0.25) is 0 Å². The summed E-state index contributed by atoms with van der Waals surface area (Å²) in [5.74, 6) is -0.325. The molecule has 6 heteroatoms. The van der Waals surface area contributed by atoms with Crippen LogP contribution in [0.3, 0.4) is 0 Å². The second kappa shape index (κ2) is 5.09. The summed E-state index contributed by atoms with van der Waals surface area (Å²) in [6.45, 7) is 3.56. The smallest absolute Gasteiger partial charge is 0.255 e. The van der Waals surface area contributed by atoms with Crippen LogP contribution in [0, 0.1) is 12.7 Å². The van der Waals surface area contributed by atoms with Gasteiger partial charge in [0.1, 0.15) is 11.5 Å². The first kappa shape index (κ1) is 13.1. The Morgan fingerprint density at radius 1 is 1.47 bits per heavy atom. The maximum atomic E-state index is 13.6. The number of nitrogens with zero attached hydrogens (tertiary/aromatic N) is 1. The number of nitrogens with two attached hydrogens (primary N) is 1. The van der Waals surface area contributed by atoms with E-state index in [1.54, 1.807) is 26.0 Å². The SMILES string of the molecule is Cc1ccc(C(C)NC(=O)c2ccnc(N)c2F)o1. The fourth-order valence-electron chi connectivity index (χ4n) is 1.67. The molecule has 0 bridgehead atoms. The van der Waals surface area contributed by atoms with Crippen LogP contribution < -0.4 is 11.1 Å². The number of amides is 1. The van der Waals surface area contributed by atoms with Crippen molar-refractivity contribution in [1.82, 2.24) is 10.3 Å². The third kappa shape index (κ3) is 2.73. The zero-order valence-corrected chi connectivity index (χ0v) is 10.6. The van der Waals surface area contributed by atoms with Crippen molar-refractivity contribution in [1.29, 1.82) is 0 Å². The van der Waals surface area contributed by atoms with Crippen molar-refractivity contribution in [2.24, 2.45) is 0 Å². The van der Waals surface area contributed by atoms with Gasteiger partial charge in [-0.3, -0.25) is 4.79 Å². The molecule has 0 aliphatic heterocycles. The molecule has 0 fully saturated rings. The monoisotopic (exact) mass is 263 g/mol. The van der Waals surface area contributed by atoms with Crippen LogP contribution in [0.2, 0.25) is 0 Å². The molecule has 0 spiro atoms. The van der Waals surface area contributed by atoms with E-state index >= 15 is 0 Å². The number of hydrogen-bond donors (Lipinski definition) is 2. The third-order valence-corrected chi connectivity index (χ3v) is 2.70. The van der Waals surface area contributed by atoms with Crippen molar-refractivity contribution in [3.05, 3.63) is 47.3 Å². The Kier molecular flexibility index (Phi) is 3.50. The van der Waals surface area contributed by atoms with E-state index < -0.39 is 11.7 Å². The van der Waals surface area contributed by atoms with Crippen LogP contribution in [0.1, 0.15) is 34.8 Å². The minimum Gasteiger partial charge on any atom is -0.464 e. The first-order chi connectivity index (χ1) is 8.99. The highest BCUT2D eigenvalue weighted by atomic mass is 19.1. The van der Waals surface area contributed by atoms with E-state index in [0.29, 0.717) is 5.76 Å². The van der Waals surface area contributed by atoms with E-state index in [4.69, 9.17) is 10.2 Å². The lowest BCUT2D eigenvalue weighted by Gasteiger charge is -2.12. The van der Waals surface area contributed by atoms with Gasteiger partial charge in [0.25, 0.3) is 5.91 Å². The summed E-state index contributed by atoms with van der Waals surface area (Å²) in [5.41, 5.74) is 5.18. The second-order valence-corrected chi connectivity index (χ2v) is 4.20. The predicted molar refractivity (Wildman–Crippen MR) is 67.9 cm³/mol.